The van der Waals surface area contributed by atoms with Gasteiger partial charge in [0.05, 0.1) is 18.1 Å². The predicted octanol–water partition coefficient (Wildman–Crippen LogP) is 0.730. The van der Waals surface area contributed by atoms with Crippen molar-refractivity contribution in [1.29, 1.82) is 0 Å². The van der Waals surface area contributed by atoms with Crippen LogP contribution < -0.4 is 4.74 Å². The van der Waals surface area contributed by atoms with Crippen LogP contribution in [0.25, 0.3) is 0 Å². The molecule has 3 rings (SSSR count). The first-order valence-electron chi connectivity index (χ1n) is 12.9. The predicted molar refractivity (Wildman–Crippen MR) is 136 cm³/mol. The highest BCUT2D eigenvalue weighted by Crippen LogP contribution is 2.31. The van der Waals surface area contributed by atoms with E-state index < -0.39 is 84.0 Å². The van der Waals surface area contributed by atoms with Crippen molar-refractivity contribution in [2.75, 3.05) is 13.2 Å². The normalized spacial score (nSPS) is 28.5. The number of nitrogens with zero attached hydrogens (tertiary/aromatic N) is 1. The zero-order valence-electron chi connectivity index (χ0n) is 23.8. The summed E-state index contributed by atoms with van der Waals surface area (Å²) in [5.74, 6) is -3.78. The molecule has 2 aliphatic rings. The standard InChI is InChI=1S/C26H31NO16/c1-12(28)37-19-10-36-26(24(41-16(5)32)21(19)38-13(2)29)43-20-11-35-25(23(40-15(4)31)22(20)39-14(3)30)42-18-8-6-17(7-9-18)27(33)34/h6-9,19-26H,10-11H2,1-5H3/t19-,20-,21+,22+,23-,24-,25+,26+/m1/s1. The highest BCUT2D eigenvalue weighted by molar-refractivity contribution is 5.69. The molecule has 0 radical (unpaired) electrons. The second-order valence-electron chi connectivity index (χ2n) is 9.39. The van der Waals surface area contributed by atoms with E-state index in [1.807, 2.05) is 0 Å². The van der Waals surface area contributed by atoms with Gasteiger partial charge in [0.1, 0.15) is 11.9 Å². The second-order valence-corrected chi connectivity index (χ2v) is 9.39. The molecule has 43 heavy (non-hydrogen) atoms. The summed E-state index contributed by atoms with van der Waals surface area (Å²) in [4.78, 5) is 70.0. The number of ether oxygens (including phenoxy) is 9. The molecule has 0 aromatic heterocycles. The molecule has 17 nitrogen and oxygen atoms in total. The van der Waals surface area contributed by atoms with Gasteiger partial charge in [-0.1, -0.05) is 0 Å². The molecule has 2 fully saturated rings. The van der Waals surface area contributed by atoms with Gasteiger partial charge in [-0.15, -0.1) is 0 Å². The van der Waals surface area contributed by atoms with Crippen LogP contribution in [-0.4, -0.2) is 97.2 Å². The lowest BCUT2D eigenvalue weighted by Gasteiger charge is -2.44. The summed E-state index contributed by atoms with van der Waals surface area (Å²) in [6, 6.07) is 4.97. The summed E-state index contributed by atoms with van der Waals surface area (Å²) in [5.41, 5.74) is -0.197. The number of benzene rings is 1. The van der Waals surface area contributed by atoms with Crippen LogP contribution in [0.5, 0.6) is 5.75 Å². The molecule has 1 aromatic carbocycles. The van der Waals surface area contributed by atoms with E-state index in [4.69, 9.17) is 42.6 Å². The van der Waals surface area contributed by atoms with Gasteiger partial charge in [-0.05, 0) is 12.1 Å². The third-order valence-electron chi connectivity index (χ3n) is 5.90. The quantitative estimate of drug-likeness (QED) is 0.154. The van der Waals surface area contributed by atoms with Crippen LogP contribution in [0, 0.1) is 10.1 Å². The molecule has 0 unspecified atom stereocenters. The Morgan fingerprint density at radius 1 is 0.651 bits per heavy atom. The fraction of sp³-hybridized carbons (Fsp3) is 0.577. The van der Waals surface area contributed by atoms with Gasteiger partial charge in [0.15, 0.2) is 30.7 Å². The third-order valence-corrected chi connectivity index (χ3v) is 5.90. The topological polar surface area (TPSA) is 212 Å². The fourth-order valence-corrected chi connectivity index (χ4v) is 4.39. The minimum absolute atomic E-state index is 0.111. The third kappa shape index (κ3) is 9.32. The van der Waals surface area contributed by atoms with E-state index in [9.17, 15) is 34.1 Å². The molecule has 0 amide bonds. The summed E-state index contributed by atoms with van der Waals surface area (Å²) in [6.07, 6.45) is -10.9. The zero-order valence-corrected chi connectivity index (χ0v) is 23.8. The summed E-state index contributed by atoms with van der Waals surface area (Å²) < 4.78 is 49.9. The number of non-ortho nitro benzene ring substituents is 1. The first kappa shape index (κ1) is 33.2. The average molecular weight is 614 g/mol. The fourth-order valence-electron chi connectivity index (χ4n) is 4.39. The van der Waals surface area contributed by atoms with Crippen molar-refractivity contribution in [2.45, 2.75) is 83.8 Å². The monoisotopic (exact) mass is 613 g/mol. The number of carbonyl (C=O) groups excluding carboxylic acids is 5. The molecule has 8 atom stereocenters. The Morgan fingerprint density at radius 3 is 1.56 bits per heavy atom. The number of hydrogen-bond acceptors (Lipinski definition) is 16. The molecule has 0 saturated carbocycles. The van der Waals surface area contributed by atoms with Crippen molar-refractivity contribution in [3.05, 3.63) is 34.4 Å². The Balaban J connectivity index is 1.90. The number of nitro groups is 1. The van der Waals surface area contributed by atoms with E-state index in [1.165, 1.54) is 24.3 Å². The highest BCUT2D eigenvalue weighted by atomic mass is 16.8. The number of rotatable bonds is 10. The molecule has 1 aromatic rings. The maximum absolute atomic E-state index is 12.1. The summed E-state index contributed by atoms with van der Waals surface area (Å²) in [6.45, 7) is 4.81. The van der Waals surface area contributed by atoms with Gasteiger partial charge in [-0.2, -0.15) is 0 Å². The Kier molecular flexibility index (Phi) is 11.3. The molecule has 2 saturated heterocycles. The van der Waals surface area contributed by atoms with Crippen LogP contribution in [0.3, 0.4) is 0 Å². The number of nitro benzene ring substituents is 1. The summed E-state index contributed by atoms with van der Waals surface area (Å²) in [5, 5.41) is 11.0. The van der Waals surface area contributed by atoms with Gasteiger partial charge in [0, 0.05) is 46.8 Å². The SMILES string of the molecule is CC(=O)O[C@@H]1[C@@H](OC(C)=O)[C@H](O[C@@H]2CO[C@@H](Oc3ccc([N+](=O)[O-])cc3)[C@H](OC(C)=O)[C@H]2OC(C)=O)OC[C@H]1OC(C)=O. The van der Waals surface area contributed by atoms with Crippen LogP contribution in [0.15, 0.2) is 24.3 Å². The molecule has 0 bridgehead atoms. The smallest absolute Gasteiger partial charge is 0.303 e. The van der Waals surface area contributed by atoms with Crippen LogP contribution in [0.4, 0.5) is 5.69 Å². The molecule has 17 heteroatoms. The van der Waals surface area contributed by atoms with Crippen LogP contribution in [0.2, 0.25) is 0 Å². The van der Waals surface area contributed by atoms with Crippen molar-refractivity contribution < 1.29 is 71.5 Å². The molecule has 2 heterocycles. The van der Waals surface area contributed by atoms with E-state index in [2.05, 4.69) is 0 Å². The second kappa shape index (κ2) is 14.7. The van der Waals surface area contributed by atoms with Gasteiger partial charge in [-0.25, -0.2) is 0 Å². The Bertz CT molecular complexity index is 1200. The van der Waals surface area contributed by atoms with Crippen LogP contribution in [-0.2, 0) is 61.9 Å². The van der Waals surface area contributed by atoms with Crippen molar-refractivity contribution in [3.8, 4) is 5.75 Å². The Morgan fingerprint density at radius 2 is 1.07 bits per heavy atom. The number of carbonyl (C=O) groups is 5. The lowest BCUT2D eigenvalue weighted by molar-refractivity contribution is -0.384. The van der Waals surface area contributed by atoms with Crippen molar-refractivity contribution in [1.82, 2.24) is 0 Å². The van der Waals surface area contributed by atoms with Crippen molar-refractivity contribution >= 4 is 35.5 Å². The molecule has 2 aliphatic heterocycles. The van der Waals surface area contributed by atoms with E-state index in [0.717, 1.165) is 34.6 Å². The first-order valence-corrected chi connectivity index (χ1v) is 12.9. The van der Waals surface area contributed by atoms with Gasteiger partial charge in [0.25, 0.3) is 5.69 Å². The van der Waals surface area contributed by atoms with Crippen LogP contribution in [0.1, 0.15) is 34.6 Å². The van der Waals surface area contributed by atoms with Gasteiger partial charge >= 0.3 is 29.8 Å². The summed E-state index contributed by atoms with van der Waals surface area (Å²) >= 11 is 0. The lowest BCUT2D eigenvalue weighted by atomic mass is 10.0. The molecule has 0 N–H and O–H groups in total. The molecular weight excluding hydrogens is 582 g/mol. The van der Waals surface area contributed by atoms with Crippen molar-refractivity contribution in [3.63, 3.8) is 0 Å². The minimum atomic E-state index is -1.48. The van der Waals surface area contributed by atoms with E-state index in [1.54, 1.807) is 0 Å². The summed E-state index contributed by atoms with van der Waals surface area (Å²) in [7, 11) is 0. The Hall–Kier alpha value is -4.35. The number of esters is 5. The minimum Gasteiger partial charge on any atom is -0.461 e. The average Bonchev–Trinajstić information content (AvgIpc) is 2.89. The van der Waals surface area contributed by atoms with E-state index >= 15 is 0 Å². The molecular formula is C26H31NO16. The molecule has 236 valence electrons. The maximum Gasteiger partial charge on any atom is 0.303 e. The van der Waals surface area contributed by atoms with Gasteiger partial charge < -0.3 is 42.6 Å². The van der Waals surface area contributed by atoms with Crippen LogP contribution >= 0.6 is 0 Å². The van der Waals surface area contributed by atoms with Gasteiger partial charge in [0.2, 0.25) is 12.4 Å². The first-order chi connectivity index (χ1) is 20.2. The molecule has 0 spiro atoms. The highest BCUT2D eigenvalue weighted by Gasteiger charge is 2.52. The van der Waals surface area contributed by atoms with Gasteiger partial charge in [-0.3, -0.25) is 34.1 Å². The van der Waals surface area contributed by atoms with E-state index in [0.29, 0.717) is 0 Å². The Labute approximate surface area is 244 Å². The number of hydrogen-bond donors (Lipinski definition) is 0. The van der Waals surface area contributed by atoms with E-state index in [-0.39, 0.29) is 24.7 Å². The zero-order chi connectivity index (χ0) is 31.8. The molecule has 0 aliphatic carbocycles. The maximum atomic E-state index is 12.1. The lowest BCUT2D eigenvalue weighted by Crippen LogP contribution is -2.63. The van der Waals surface area contributed by atoms with Crippen molar-refractivity contribution in [2.24, 2.45) is 0 Å². The largest absolute Gasteiger partial charge is 0.461 e.